The molecule has 0 radical (unpaired) electrons. The zero-order valence-corrected chi connectivity index (χ0v) is 13.6. The molecule has 1 aliphatic heterocycles. The van der Waals surface area contributed by atoms with Crippen LogP contribution < -0.4 is 5.32 Å². The largest absolute Gasteiger partial charge is 0.388 e. The molecule has 2 N–H and O–H groups in total. The normalized spacial score (nSPS) is 23.3. The maximum atomic E-state index is 10.4. The van der Waals surface area contributed by atoms with Crippen molar-refractivity contribution in [2.75, 3.05) is 40.4 Å². The molecule has 0 amide bonds. The predicted molar refractivity (Wildman–Crippen MR) is 85.6 cm³/mol. The van der Waals surface area contributed by atoms with Gasteiger partial charge in [-0.25, -0.2) is 0 Å². The highest BCUT2D eigenvalue weighted by Crippen LogP contribution is 2.28. The van der Waals surface area contributed by atoms with Crippen LogP contribution in [0.1, 0.15) is 44.9 Å². The van der Waals surface area contributed by atoms with E-state index in [1.54, 1.807) is 0 Å². The zero-order valence-electron chi connectivity index (χ0n) is 13.6. The molecule has 122 valence electrons. The Kier molecular flexibility index (Phi) is 6.30. The van der Waals surface area contributed by atoms with E-state index in [0.717, 1.165) is 57.3 Å². The van der Waals surface area contributed by atoms with Crippen LogP contribution in [-0.4, -0.2) is 62.0 Å². The van der Waals surface area contributed by atoms with E-state index in [1.165, 1.54) is 19.3 Å². The van der Waals surface area contributed by atoms with E-state index in [1.807, 2.05) is 7.05 Å². The van der Waals surface area contributed by atoms with Gasteiger partial charge in [-0.3, -0.25) is 4.99 Å². The Balaban J connectivity index is 1.71. The molecule has 0 aromatic heterocycles. The van der Waals surface area contributed by atoms with Crippen molar-refractivity contribution in [1.82, 2.24) is 10.2 Å². The molecular weight excluding hydrogens is 266 g/mol. The minimum Gasteiger partial charge on any atom is -0.388 e. The molecular formula is C16H31N3O2. The molecule has 5 heteroatoms. The summed E-state index contributed by atoms with van der Waals surface area (Å²) in [6.45, 7) is 3.44. The van der Waals surface area contributed by atoms with Gasteiger partial charge < -0.3 is 20.1 Å². The Morgan fingerprint density at radius 3 is 2.62 bits per heavy atom. The van der Waals surface area contributed by atoms with Gasteiger partial charge in [0.05, 0.1) is 5.60 Å². The average Bonchev–Trinajstić information content (AvgIpc) is 2.94. The van der Waals surface area contributed by atoms with Crippen molar-refractivity contribution in [3.63, 3.8) is 0 Å². The third kappa shape index (κ3) is 5.15. The van der Waals surface area contributed by atoms with Crippen LogP contribution in [0.4, 0.5) is 0 Å². The Labute approximate surface area is 128 Å². The highest BCUT2D eigenvalue weighted by Gasteiger charge is 2.31. The summed E-state index contributed by atoms with van der Waals surface area (Å²) in [5.74, 6) is 1.67. The first kappa shape index (κ1) is 16.6. The lowest BCUT2D eigenvalue weighted by atomic mass is 9.96. The number of aliphatic hydroxyl groups is 1. The highest BCUT2D eigenvalue weighted by molar-refractivity contribution is 5.79. The van der Waals surface area contributed by atoms with Crippen LogP contribution in [0.2, 0.25) is 0 Å². The molecule has 1 saturated heterocycles. The second-order valence-electron chi connectivity index (χ2n) is 6.60. The first-order chi connectivity index (χ1) is 10.1. The Morgan fingerprint density at radius 2 is 2.00 bits per heavy atom. The topological polar surface area (TPSA) is 57.1 Å². The van der Waals surface area contributed by atoms with Gasteiger partial charge in [0.15, 0.2) is 5.96 Å². The lowest BCUT2D eigenvalue weighted by Gasteiger charge is -2.29. The standard InChI is InChI=1S/C16H31N3O2/c1-17-15(18-13-16(20)8-3-4-9-16)19(2)10-5-14-6-11-21-12-7-14/h14,20H,3-13H2,1-2H3,(H,17,18). The third-order valence-electron chi connectivity index (χ3n) is 4.90. The minimum atomic E-state index is -0.530. The lowest BCUT2D eigenvalue weighted by Crippen LogP contribution is -2.47. The van der Waals surface area contributed by atoms with Crippen LogP contribution in [-0.2, 0) is 4.74 Å². The molecule has 2 aliphatic rings. The number of hydrogen-bond acceptors (Lipinski definition) is 3. The van der Waals surface area contributed by atoms with E-state index in [9.17, 15) is 5.11 Å². The first-order valence-electron chi connectivity index (χ1n) is 8.35. The summed E-state index contributed by atoms with van der Waals surface area (Å²) in [5, 5.41) is 13.7. The van der Waals surface area contributed by atoms with Crippen LogP contribution in [0, 0.1) is 5.92 Å². The molecule has 2 fully saturated rings. The van der Waals surface area contributed by atoms with E-state index in [-0.39, 0.29) is 0 Å². The third-order valence-corrected chi connectivity index (χ3v) is 4.90. The van der Waals surface area contributed by atoms with Gasteiger partial charge in [0.1, 0.15) is 0 Å². The van der Waals surface area contributed by atoms with Gasteiger partial charge in [0.25, 0.3) is 0 Å². The Hall–Kier alpha value is -0.810. The molecule has 2 rings (SSSR count). The monoisotopic (exact) mass is 297 g/mol. The summed E-state index contributed by atoms with van der Waals surface area (Å²) in [5.41, 5.74) is -0.530. The molecule has 0 aromatic carbocycles. The van der Waals surface area contributed by atoms with Crippen LogP contribution in [0.15, 0.2) is 4.99 Å². The molecule has 1 saturated carbocycles. The van der Waals surface area contributed by atoms with Gasteiger partial charge in [-0.15, -0.1) is 0 Å². The number of nitrogens with one attached hydrogen (secondary N) is 1. The van der Waals surface area contributed by atoms with E-state index >= 15 is 0 Å². The quantitative estimate of drug-likeness (QED) is 0.598. The summed E-state index contributed by atoms with van der Waals surface area (Å²) in [6, 6.07) is 0. The summed E-state index contributed by atoms with van der Waals surface area (Å²) in [4.78, 5) is 6.51. The molecule has 1 heterocycles. The van der Waals surface area contributed by atoms with Crippen molar-refractivity contribution in [3.8, 4) is 0 Å². The smallest absolute Gasteiger partial charge is 0.193 e. The summed E-state index contributed by atoms with van der Waals surface area (Å²) < 4.78 is 5.40. The fourth-order valence-electron chi connectivity index (χ4n) is 3.36. The fourth-order valence-corrected chi connectivity index (χ4v) is 3.36. The van der Waals surface area contributed by atoms with Gasteiger partial charge >= 0.3 is 0 Å². The molecule has 1 aliphatic carbocycles. The van der Waals surface area contributed by atoms with Crippen LogP contribution in [0.5, 0.6) is 0 Å². The predicted octanol–water partition coefficient (Wildman–Crippen LogP) is 1.62. The van der Waals surface area contributed by atoms with Gasteiger partial charge in [0, 0.05) is 40.4 Å². The molecule has 0 bridgehead atoms. The van der Waals surface area contributed by atoms with Crippen molar-refractivity contribution >= 4 is 5.96 Å². The SMILES string of the molecule is CN=C(NCC1(O)CCCC1)N(C)CCC1CCOCC1. The molecule has 0 unspecified atom stereocenters. The van der Waals surface area contributed by atoms with Crippen LogP contribution in [0.3, 0.4) is 0 Å². The molecule has 5 nitrogen and oxygen atoms in total. The van der Waals surface area contributed by atoms with Crippen molar-refractivity contribution in [3.05, 3.63) is 0 Å². The average molecular weight is 297 g/mol. The van der Waals surface area contributed by atoms with E-state index < -0.39 is 5.60 Å². The van der Waals surface area contributed by atoms with E-state index in [0.29, 0.717) is 6.54 Å². The summed E-state index contributed by atoms with van der Waals surface area (Å²) in [7, 11) is 3.89. The van der Waals surface area contributed by atoms with Crippen molar-refractivity contribution in [1.29, 1.82) is 0 Å². The molecule has 0 spiro atoms. The van der Waals surface area contributed by atoms with Gasteiger partial charge in [0.2, 0.25) is 0 Å². The highest BCUT2D eigenvalue weighted by atomic mass is 16.5. The van der Waals surface area contributed by atoms with Crippen molar-refractivity contribution < 1.29 is 9.84 Å². The van der Waals surface area contributed by atoms with E-state index in [2.05, 4.69) is 22.3 Å². The number of nitrogens with zero attached hydrogens (tertiary/aromatic N) is 2. The number of ether oxygens (including phenoxy) is 1. The number of aliphatic imine (C=N–C) groups is 1. The second kappa shape index (κ2) is 7.99. The molecule has 0 atom stereocenters. The maximum Gasteiger partial charge on any atom is 0.193 e. The fraction of sp³-hybridized carbons (Fsp3) is 0.938. The first-order valence-corrected chi connectivity index (χ1v) is 8.35. The number of hydrogen-bond donors (Lipinski definition) is 2. The maximum absolute atomic E-state index is 10.4. The van der Waals surface area contributed by atoms with Crippen molar-refractivity contribution in [2.24, 2.45) is 10.9 Å². The van der Waals surface area contributed by atoms with Gasteiger partial charge in [-0.2, -0.15) is 0 Å². The summed E-state index contributed by atoms with van der Waals surface area (Å²) >= 11 is 0. The van der Waals surface area contributed by atoms with E-state index in [4.69, 9.17) is 4.74 Å². The molecule has 0 aromatic rings. The lowest BCUT2D eigenvalue weighted by molar-refractivity contribution is 0.0513. The second-order valence-corrected chi connectivity index (χ2v) is 6.60. The van der Waals surface area contributed by atoms with Gasteiger partial charge in [-0.1, -0.05) is 12.8 Å². The Bertz CT molecular complexity index is 334. The number of guanidine groups is 1. The summed E-state index contributed by atoms with van der Waals surface area (Å²) in [6.07, 6.45) is 7.63. The van der Waals surface area contributed by atoms with Crippen molar-refractivity contribution in [2.45, 2.75) is 50.5 Å². The minimum absolute atomic E-state index is 0.530. The molecule has 21 heavy (non-hydrogen) atoms. The number of rotatable bonds is 5. The van der Waals surface area contributed by atoms with Crippen LogP contribution in [0.25, 0.3) is 0 Å². The Morgan fingerprint density at radius 1 is 1.33 bits per heavy atom. The zero-order chi connectivity index (χ0) is 15.1. The van der Waals surface area contributed by atoms with Crippen LogP contribution >= 0.6 is 0 Å². The van der Waals surface area contributed by atoms with Gasteiger partial charge in [-0.05, 0) is 38.0 Å².